The molecule has 6 heteroatoms. The van der Waals surface area contributed by atoms with Crippen molar-refractivity contribution in [3.8, 4) is 0 Å². The molecule has 18 heavy (non-hydrogen) atoms. The Labute approximate surface area is 108 Å². The van der Waals surface area contributed by atoms with E-state index < -0.39 is 16.8 Å². The molecule has 1 aromatic carbocycles. The number of carboxylic acid groups (broad SMARTS) is 1. The summed E-state index contributed by atoms with van der Waals surface area (Å²) in [4.78, 5) is 24.2. The van der Waals surface area contributed by atoms with Crippen LogP contribution < -0.4 is 0 Å². The average Bonchev–Trinajstić information content (AvgIpc) is 2.37. The second kappa shape index (κ2) is 6.30. The second-order valence-corrected chi connectivity index (χ2v) is 5.18. The van der Waals surface area contributed by atoms with Crippen molar-refractivity contribution in [1.29, 1.82) is 0 Å². The van der Waals surface area contributed by atoms with Gasteiger partial charge in [0.05, 0.1) is 16.4 Å². The normalized spacial score (nSPS) is 11.9. The van der Waals surface area contributed by atoms with Crippen LogP contribution in [-0.4, -0.2) is 45.4 Å². The minimum absolute atomic E-state index is 0.0865. The number of amides is 1. The van der Waals surface area contributed by atoms with Crippen LogP contribution >= 0.6 is 0 Å². The van der Waals surface area contributed by atoms with E-state index in [1.54, 1.807) is 7.05 Å². The highest BCUT2D eigenvalue weighted by atomic mass is 32.2. The maximum absolute atomic E-state index is 11.9. The second-order valence-electron chi connectivity index (χ2n) is 3.73. The number of carboxylic acids is 1. The van der Waals surface area contributed by atoms with E-state index in [4.69, 9.17) is 5.11 Å². The average molecular weight is 269 g/mol. The Morgan fingerprint density at radius 1 is 1.28 bits per heavy atom. The van der Waals surface area contributed by atoms with Gasteiger partial charge in [-0.15, -0.1) is 0 Å². The zero-order valence-electron chi connectivity index (χ0n) is 10.3. The number of carbonyl (C=O) groups is 2. The third-order valence-electron chi connectivity index (χ3n) is 2.52. The van der Waals surface area contributed by atoms with E-state index in [0.717, 1.165) is 0 Å². The van der Waals surface area contributed by atoms with Crippen LogP contribution in [-0.2, 0) is 15.6 Å². The Morgan fingerprint density at radius 2 is 1.83 bits per heavy atom. The minimum atomic E-state index is -1.44. The Bertz CT molecular complexity index is 469. The van der Waals surface area contributed by atoms with Gasteiger partial charge in [0.1, 0.15) is 5.75 Å². The van der Waals surface area contributed by atoms with E-state index in [-0.39, 0.29) is 17.2 Å². The molecular weight excluding hydrogens is 254 g/mol. The molecule has 1 aromatic rings. The van der Waals surface area contributed by atoms with Gasteiger partial charge in [-0.2, -0.15) is 0 Å². The van der Waals surface area contributed by atoms with Gasteiger partial charge in [0.2, 0.25) is 5.91 Å². The van der Waals surface area contributed by atoms with Crippen LogP contribution in [0, 0.1) is 0 Å². The highest BCUT2D eigenvalue weighted by Crippen LogP contribution is 2.09. The molecule has 0 aliphatic heterocycles. The third-order valence-corrected chi connectivity index (χ3v) is 3.83. The van der Waals surface area contributed by atoms with Crippen LogP contribution in [0.3, 0.4) is 0 Å². The molecule has 1 rings (SSSR count). The lowest BCUT2D eigenvalue weighted by atomic mass is 10.2. The monoisotopic (exact) mass is 269 g/mol. The summed E-state index contributed by atoms with van der Waals surface area (Å²) in [6.07, 6.45) is 0. The van der Waals surface area contributed by atoms with Crippen LogP contribution in [0.4, 0.5) is 0 Å². The SMILES string of the molecule is CCN(C)C(=O)CS(=O)c1ccc(C(=O)O)cc1. The molecule has 0 radical (unpaired) electrons. The largest absolute Gasteiger partial charge is 0.478 e. The summed E-state index contributed by atoms with van der Waals surface area (Å²) in [7, 11) is 0.205. The van der Waals surface area contributed by atoms with Gasteiger partial charge in [-0.25, -0.2) is 4.79 Å². The van der Waals surface area contributed by atoms with E-state index in [1.165, 1.54) is 29.2 Å². The number of aromatic carboxylic acids is 1. The van der Waals surface area contributed by atoms with Crippen molar-refractivity contribution in [2.45, 2.75) is 11.8 Å². The molecule has 1 N–H and O–H groups in total. The number of nitrogens with zero attached hydrogens (tertiary/aromatic N) is 1. The first-order chi connectivity index (χ1) is 8.45. The van der Waals surface area contributed by atoms with Crippen molar-refractivity contribution >= 4 is 22.7 Å². The topological polar surface area (TPSA) is 74.7 Å². The van der Waals surface area contributed by atoms with Crippen molar-refractivity contribution in [2.75, 3.05) is 19.3 Å². The predicted molar refractivity (Wildman–Crippen MR) is 68.0 cm³/mol. The maximum atomic E-state index is 11.9. The fourth-order valence-corrected chi connectivity index (χ4v) is 2.28. The molecule has 0 aliphatic carbocycles. The highest BCUT2D eigenvalue weighted by molar-refractivity contribution is 7.85. The van der Waals surface area contributed by atoms with Crippen molar-refractivity contribution in [2.24, 2.45) is 0 Å². The summed E-state index contributed by atoms with van der Waals surface area (Å²) in [5, 5.41) is 8.73. The molecule has 98 valence electrons. The Balaban J connectivity index is 2.73. The van der Waals surface area contributed by atoms with Gasteiger partial charge >= 0.3 is 5.97 Å². The van der Waals surface area contributed by atoms with Gasteiger partial charge in [-0.05, 0) is 31.2 Å². The summed E-state index contributed by atoms with van der Waals surface area (Å²) in [5.41, 5.74) is 0.132. The van der Waals surface area contributed by atoms with Gasteiger partial charge in [0.15, 0.2) is 0 Å². The third kappa shape index (κ3) is 3.66. The Morgan fingerprint density at radius 3 is 2.28 bits per heavy atom. The molecule has 0 spiro atoms. The minimum Gasteiger partial charge on any atom is -0.478 e. The molecule has 0 fully saturated rings. The van der Waals surface area contributed by atoms with Gasteiger partial charge in [0, 0.05) is 18.5 Å². The Kier molecular flexibility index (Phi) is 5.03. The summed E-state index contributed by atoms with van der Waals surface area (Å²) >= 11 is 0. The van der Waals surface area contributed by atoms with Crippen molar-refractivity contribution in [1.82, 2.24) is 4.90 Å². The smallest absolute Gasteiger partial charge is 0.335 e. The first-order valence-corrected chi connectivity index (χ1v) is 6.73. The van der Waals surface area contributed by atoms with Gasteiger partial charge in [-0.3, -0.25) is 9.00 Å². The highest BCUT2D eigenvalue weighted by Gasteiger charge is 2.13. The van der Waals surface area contributed by atoms with Crippen LogP contribution in [0.5, 0.6) is 0 Å². The molecular formula is C12H15NO4S. The van der Waals surface area contributed by atoms with Crippen LogP contribution in [0.2, 0.25) is 0 Å². The standard InChI is InChI=1S/C12H15NO4S/c1-3-13(2)11(14)8-18(17)10-6-4-9(5-7-10)12(15)16/h4-7H,3,8H2,1-2H3,(H,15,16). The van der Waals surface area contributed by atoms with E-state index >= 15 is 0 Å². The lowest BCUT2D eigenvalue weighted by molar-refractivity contribution is -0.126. The quantitative estimate of drug-likeness (QED) is 0.864. The summed E-state index contributed by atoms with van der Waals surface area (Å²) in [5.74, 6) is -1.32. The lowest BCUT2D eigenvalue weighted by Gasteiger charge is -2.13. The summed E-state index contributed by atoms with van der Waals surface area (Å²) < 4.78 is 11.9. The van der Waals surface area contributed by atoms with Crippen molar-refractivity contribution in [3.05, 3.63) is 29.8 Å². The van der Waals surface area contributed by atoms with Gasteiger partial charge in [0.25, 0.3) is 0 Å². The molecule has 0 saturated carbocycles. The molecule has 0 saturated heterocycles. The first-order valence-electron chi connectivity index (χ1n) is 5.41. The molecule has 0 aliphatic rings. The predicted octanol–water partition coefficient (Wildman–Crippen LogP) is 0.971. The van der Waals surface area contributed by atoms with Crippen LogP contribution in [0.1, 0.15) is 17.3 Å². The van der Waals surface area contributed by atoms with Crippen molar-refractivity contribution in [3.63, 3.8) is 0 Å². The molecule has 5 nitrogen and oxygen atoms in total. The first kappa shape index (κ1) is 14.4. The molecule has 1 unspecified atom stereocenters. The fraction of sp³-hybridized carbons (Fsp3) is 0.333. The number of carbonyl (C=O) groups excluding carboxylic acids is 1. The zero-order valence-corrected chi connectivity index (χ0v) is 11.1. The molecule has 0 bridgehead atoms. The zero-order chi connectivity index (χ0) is 13.7. The van der Waals surface area contributed by atoms with Crippen LogP contribution in [0.25, 0.3) is 0 Å². The molecule has 0 heterocycles. The van der Waals surface area contributed by atoms with E-state index in [2.05, 4.69) is 0 Å². The van der Waals surface area contributed by atoms with Gasteiger partial charge in [-0.1, -0.05) is 0 Å². The number of hydrogen-bond acceptors (Lipinski definition) is 3. The maximum Gasteiger partial charge on any atom is 0.335 e. The van der Waals surface area contributed by atoms with E-state index in [0.29, 0.717) is 11.4 Å². The van der Waals surface area contributed by atoms with Crippen LogP contribution in [0.15, 0.2) is 29.2 Å². The van der Waals surface area contributed by atoms with E-state index in [9.17, 15) is 13.8 Å². The fourth-order valence-electron chi connectivity index (χ4n) is 1.23. The number of hydrogen-bond donors (Lipinski definition) is 1. The lowest BCUT2D eigenvalue weighted by Crippen LogP contribution is -2.30. The summed E-state index contributed by atoms with van der Waals surface area (Å²) in [6, 6.07) is 5.70. The van der Waals surface area contributed by atoms with E-state index in [1.807, 2.05) is 6.92 Å². The number of benzene rings is 1. The molecule has 0 aromatic heterocycles. The van der Waals surface area contributed by atoms with Crippen molar-refractivity contribution < 1.29 is 18.9 Å². The number of rotatable bonds is 5. The Hall–Kier alpha value is -1.69. The van der Waals surface area contributed by atoms with Gasteiger partial charge < -0.3 is 10.0 Å². The molecule has 1 amide bonds. The summed E-state index contributed by atoms with van der Waals surface area (Å²) in [6.45, 7) is 2.40. The molecule has 1 atom stereocenters.